The first-order chi connectivity index (χ1) is 21.5. The van der Waals surface area contributed by atoms with Crippen LogP contribution in [-0.2, 0) is 16.2 Å². The van der Waals surface area contributed by atoms with Gasteiger partial charge in [-0.05, 0) is 67.4 Å². The fourth-order valence-corrected chi connectivity index (χ4v) is 6.79. The van der Waals surface area contributed by atoms with E-state index in [4.69, 9.17) is 23.2 Å². The quantitative estimate of drug-likeness (QED) is 0.222. The van der Waals surface area contributed by atoms with Gasteiger partial charge in [0.2, 0.25) is 10.0 Å². The lowest BCUT2D eigenvalue weighted by molar-refractivity contribution is -0.137. The van der Waals surface area contributed by atoms with Crippen molar-refractivity contribution in [1.82, 2.24) is 14.5 Å². The summed E-state index contributed by atoms with van der Waals surface area (Å²) in [7, 11) is -1.92. The average Bonchev–Trinajstić information content (AvgIpc) is 2.99. The summed E-state index contributed by atoms with van der Waals surface area (Å²) in [6.07, 6.45) is -3.07. The zero-order valence-corrected chi connectivity index (χ0v) is 27.9. The number of hydrogen-bond acceptors (Lipinski definition) is 5. The molecule has 0 saturated carbocycles. The van der Waals surface area contributed by atoms with Crippen LogP contribution in [0.1, 0.15) is 52.4 Å². The zero-order chi connectivity index (χ0) is 33.8. The van der Waals surface area contributed by atoms with Crippen molar-refractivity contribution in [2.75, 3.05) is 57.5 Å². The van der Waals surface area contributed by atoms with Crippen molar-refractivity contribution >= 4 is 44.8 Å². The fraction of sp³-hybridized carbons (Fsp3) is 0.406. The molecule has 0 aromatic heterocycles. The second kappa shape index (κ2) is 14.9. The number of hydrogen-bond donors (Lipinski definition) is 1. The predicted molar refractivity (Wildman–Crippen MR) is 174 cm³/mol. The van der Waals surface area contributed by atoms with E-state index in [2.05, 4.69) is 14.5 Å². The maximum absolute atomic E-state index is 14.0. The van der Waals surface area contributed by atoms with E-state index in [0.29, 0.717) is 48.2 Å². The Morgan fingerprint density at radius 3 is 2.30 bits per heavy atom. The number of sulfonamides is 1. The van der Waals surface area contributed by atoms with Gasteiger partial charge in [0.25, 0.3) is 5.91 Å². The highest BCUT2D eigenvalue weighted by Gasteiger charge is 2.32. The third-order valence-electron chi connectivity index (χ3n) is 8.03. The van der Waals surface area contributed by atoms with Gasteiger partial charge in [-0.1, -0.05) is 47.5 Å². The molecule has 4 rings (SSSR count). The number of amides is 1. The third-order valence-corrected chi connectivity index (χ3v) is 9.55. The van der Waals surface area contributed by atoms with Crippen molar-refractivity contribution in [2.24, 2.45) is 0 Å². The molecule has 250 valence electrons. The highest BCUT2D eigenvalue weighted by Crippen LogP contribution is 2.33. The number of anilines is 1. The van der Waals surface area contributed by atoms with Crippen LogP contribution >= 0.6 is 23.2 Å². The minimum atomic E-state index is -4.80. The van der Waals surface area contributed by atoms with Crippen LogP contribution in [0.4, 0.5) is 23.2 Å². The number of benzene rings is 3. The standard InChI is InChI=1S/C32H36Cl2F4N4O3S/c1-21(39-46(3,44)45)27-6-4-5-7-30(27)42-14-12-41(13-15-42)11-10-23(22-8-9-28(33)29(34)18-22)20-40(2)31(43)24-16-25(32(36,37)38)19-26(35)17-24/h4-9,16-19,21,23,39H,10-15,20H2,1-3H3/t21-,23-/m1/s1. The zero-order valence-electron chi connectivity index (χ0n) is 25.6. The molecule has 0 radical (unpaired) electrons. The Morgan fingerprint density at radius 1 is 1.00 bits per heavy atom. The van der Waals surface area contributed by atoms with Gasteiger partial charge >= 0.3 is 6.18 Å². The highest BCUT2D eigenvalue weighted by molar-refractivity contribution is 7.88. The molecular weight excluding hydrogens is 667 g/mol. The molecule has 1 aliphatic heterocycles. The molecule has 7 nitrogen and oxygen atoms in total. The smallest absolute Gasteiger partial charge is 0.369 e. The van der Waals surface area contributed by atoms with Gasteiger partial charge in [0.15, 0.2) is 0 Å². The molecule has 14 heteroatoms. The summed E-state index contributed by atoms with van der Waals surface area (Å²) < 4.78 is 80.2. The van der Waals surface area contributed by atoms with Crippen LogP contribution in [0.3, 0.4) is 0 Å². The van der Waals surface area contributed by atoms with Gasteiger partial charge in [-0.15, -0.1) is 0 Å². The number of carbonyl (C=O) groups excluding carboxylic acids is 1. The SMILES string of the molecule is C[C@@H](NS(C)(=O)=O)c1ccccc1N1CCN(CC[C@H](CN(C)C(=O)c2cc(F)cc(C(F)(F)F)c2)c2ccc(Cl)c(Cl)c2)CC1. The molecular formula is C32H36Cl2F4N4O3S. The number of carbonyl (C=O) groups is 1. The molecule has 3 aromatic carbocycles. The number of para-hydroxylation sites is 1. The largest absolute Gasteiger partial charge is 0.416 e. The Kier molecular flexibility index (Phi) is 11.6. The summed E-state index contributed by atoms with van der Waals surface area (Å²) in [6.45, 7) is 5.49. The number of alkyl halides is 3. The lowest BCUT2D eigenvalue weighted by Gasteiger charge is -2.38. The van der Waals surface area contributed by atoms with Gasteiger partial charge in [-0.25, -0.2) is 17.5 Å². The van der Waals surface area contributed by atoms with Gasteiger partial charge < -0.3 is 9.80 Å². The molecule has 1 amide bonds. The second-order valence-electron chi connectivity index (χ2n) is 11.6. The molecule has 46 heavy (non-hydrogen) atoms. The van der Waals surface area contributed by atoms with Crippen molar-refractivity contribution in [1.29, 1.82) is 0 Å². The Bertz CT molecular complexity index is 1650. The van der Waals surface area contributed by atoms with E-state index in [9.17, 15) is 30.8 Å². The maximum atomic E-state index is 14.0. The summed E-state index contributed by atoms with van der Waals surface area (Å²) in [5.41, 5.74) is 1.04. The number of piperazine rings is 1. The number of likely N-dealkylation sites (N-methyl/N-ethyl adjacent to an activating group) is 1. The third kappa shape index (κ3) is 9.57. The van der Waals surface area contributed by atoms with Crippen LogP contribution in [0, 0.1) is 5.82 Å². The average molecular weight is 704 g/mol. The lowest BCUT2D eigenvalue weighted by Crippen LogP contribution is -2.47. The highest BCUT2D eigenvalue weighted by atomic mass is 35.5. The van der Waals surface area contributed by atoms with Gasteiger partial charge in [0.1, 0.15) is 5.82 Å². The summed E-state index contributed by atoms with van der Waals surface area (Å²) >= 11 is 12.5. The van der Waals surface area contributed by atoms with E-state index in [1.165, 1.54) is 11.9 Å². The number of halogens is 6. The molecule has 1 saturated heterocycles. The minimum Gasteiger partial charge on any atom is -0.369 e. The van der Waals surface area contributed by atoms with Gasteiger partial charge in [-0.3, -0.25) is 9.69 Å². The molecule has 0 unspecified atom stereocenters. The van der Waals surface area contributed by atoms with Crippen LogP contribution in [0.2, 0.25) is 10.0 Å². The Balaban J connectivity index is 1.45. The molecule has 1 N–H and O–H groups in total. The van der Waals surface area contributed by atoms with E-state index >= 15 is 0 Å². The van der Waals surface area contributed by atoms with E-state index in [0.717, 1.165) is 42.2 Å². The van der Waals surface area contributed by atoms with Crippen LogP contribution in [-0.4, -0.2) is 76.7 Å². The monoisotopic (exact) mass is 702 g/mol. The fourth-order valence-electron chi connectivity index (χ4n) is 5.72. The molecule has 1 fully saturated rings. The van der Waals surface area contributed by atoms with Crippen LogP contribution in [0.15, 0.2) is 60.7 Å². The molecule has 3 aromatic rings. The summed E-state index contributed by atoms with van der Waals surface area (Å²) in [4.78, 5) is 19.0. The molecule has 0 aliphatic carbocycles. The number of nitrogens with zero attached hydrogens (tertiary/aromatic N) is 3. The molecule has 0 spiro atoms. The van der Waals surface area contributed by atoms with E-state index in [-0.39, 0.29) is 18.0 Å². The van der Waals surface area contributed by atoms with Crippen molar-refractivity contribution < 1.29 is 30.8 Å². The molecule has 1 aliphatic rings. The van der Waals surface area contributed by atoms with E-state index in [1.54, 1.807) is 12.1 Å². The van der Waals surface area contributed by atoms with Crippen molar-refractivity contribution in [2.45, 2.75) is 31.5 Å². The van der Waals surface area contributed by atoms with Gasteiger partial charge in [0.05, 0.1) is 21.9 Å². The Morgan fingerprint density at radius 2 is 1.67 bits per heavy atom. The lowest BCUT2D eigenvalue weighted by atomic mass is 9.94. The van der Waals surface area contributed by atoms with Gasteiger partial charge in [-0.2, -0.15) is 13.2 Å². The second-order valence-corrected chi connectivity index (χ2v) is 14.2. The van der Waals surface area contributed by atoms with E-state index < -0.39 is 39.5 Å². The van der Waals surface area contributed by atoms with E-state index in [1.807, 2.05) is 37.3 Å². The predicted octanol–water partition coefficient (Wildman–Crippen LogP) is 6.83. The Hall–Kier alpha value is -2.90. The van der Waals surface area contributed by atoms with Crippen molar-refractivity contribution in [3.8, 4) is 0 Å². The summed E-state index contributed by atoms with van der Waals surface area (Å²) in [5, 5.41) is 0.704. The summed E-state index contributed by atoms with van der Waals surface area (Å²) in [5.74, 6) is -2.13. The van der Waals surface area contributed by atoms with Crippen LogP contribution in [0.25, 0.3) is 0 Å². The number of rotatable bonds is 11. The number of nitrogens with one attached hydrogen (secondary N) is 1. The summed E-state index contributed by atoms with van der Waals surface area (Å²) in [6, 6.07) is 14.3. The first-order valence-electron chi connectivity index (χ1n) is 14.6. The minimum absolute atomic E-state index is 0.146. The van der Waals surface area contributed by atoms with Crippen LogP contribution in [0.5, 0.6) is 0 Å². The first kappa shape index (κ1) is 35.9. The Labute approximate surface area is 277 Å². The molecule has 0 bridgehead atoms. The first-order valence-corrected chi connectivity index (χ1v) is 17.3. The van der Waals surface area contributed by atoms with Crippen LogP contribution < -0.4 is 9.62 Å². The molecule has 2 atom stereocenters. The van der Waals surface area contributed by atoms with Gasteiger partial charge in [0, 0.05) is 63.0 Å². The van der Waals surface area contributed by atoms with Crippen molar-refractivity contribution in [3.63, 3.8) is 0 Å². The molecule has 1 heterocycles. The topological polar surface area (TPSA) is 73.0 Å². The normalized spacial score (nSPS) is 15.9. The van der Waals surface area contributed by atoms with Crippen molar-refractivity contribution in [3.05, 3.63) is 98.8 Å². The maximum Gasteiger partial charge on any atom is 0.416 e.